The van der Waals surface area contributed by atoms with Crippen LogP contribution >= 0.6 is 0 Å². The number of ether oxygens (including phenoxy) is 2. The van der Waals surface area contributed by atoms with Crippen molar-refractivity contribution in [3.8, 4) is 29.2 Å². The normalized spacial score (nSPS) is 11.6. The van der Waals surface area contributed by atoms with Gasteiger partial charge in [0.25, 0.3) is 0 Å². The quantitative estimate of drug-likeness (QED) is 0.541. The second kappa shape index (κ2) is 7.75. The number of benzene rings is 2. The van der Waals surface area contributed by atoms with E-state index in [-0.39, 0.29) is 5.75 Å². The van der Waals surface area contributed by atoms with E-state index in [4.69, 9.17) is 15.9 Å². The summed E-state index contributed by atoms with van der Waals surface area (Å²) in [4.78, 5) is 12.1. The van der Waals surface area contributed by atoms with E-state index in [9.17, 15) is 18.0 Å². The van der Waals surface area contributed by atoms with Crippen molar-refractivity contribution in [3.63, 3.8) is 0 Å². The summed E-state index contributed by atoms with van der Waals surface area (Å²) in [5.41, 5.74) is 1.41. The van der Waals surface area contributed by atoms with Crippen LogP contribution in [0.1, 0.15) is 36.7 Å². The lowest BCUT2D eigenvalue weighted by molar-refractivity contribution is -0.153. The van der Waals surface area contributed by atoms with E-state index in [0.29, 0.717) is 22.3 Å². The SMILES string of the molecule is C#Cc1cc(OCC(F)(F)F)cc(-c2ccc(C(=O)OC(C)(C)C)cc2)c1. The van der Waals surface area contributed by atoms with Crippen LogP contribution in [0.3, 0.4) is 0 Å². The molecule has 142 valence electrons. The van der Waals surface area contributed by atoms with Gasteiger partial charge in [0, 0.05) is 5.56 Å². The summed E-state index contributed by atoms with van der Waals surface area (Å²) < 4.78 is 47.2. The summed E-state index contributed by atoms with van der Waals surface area (Å²) in [7, 11) is 0. The maximum absolute atomic E-state index is 12.4. The molecule has 0 bridgehead atoms. The molecule has 2 aromatic rings. The zero-order valence-electron chi connectivity index (χ0n) is 15.2. The zero-order chi connectivity index (χ0) is 20.2. The van der Waals surface area contributed by atoms with Crippen LogP contribution in [0.15, 0.2) is 42.5 Å². The highest BCUT2D eigenvalue weighted by Gasteiger charge is 2.28. The average Bonchev–Trinajstić information content (AvgIpc) is 2.57. The molecule has 6 heteroatoms. The second-order valence-corrected chi connectivity index (χ2v) is 6.87. The first kappa shape index (κ1) is 20.4. The second-order valence-electron chi connectivity index (χ2n) is 6.87. The molecule has 0 heterocycles. The minimum atomic E-state index is -4.44. The van der Waals surface area contributed by atoms with E-state index in [0.717, 1.165) is 0 Å². The molecule has 0 aliphatic rings. The van der Waals surface area contributed by atoms with Gasteiger partial charge in [-0.15, -0.1) is 6.42 Å². The highest BCUT2D eigenvalue weighted by Crippen LogP contribution is 2.28. The van der Waals surface area contributed by atoms with Gasteiger partial charge < -0.3 is 9.47 Å². The number of carbonyl (C=O) groups excluding carboxylic acids is 1. The van der Waals surface area contributed by atoms with E-state index < -0.39 is 24.4 Å². The van der Waals surface area contributed by atoms with Crippen LogP contribution in [0.25, 0.3) is 11.1 Å². The summed E-state index contributed by atoms with van der Waals surface area (Å²) in [6.45, 7) is 3.91. The third-order valence-corrected chi connectivity index (χ3v) is 3.33. The molecule has 3 nitrogen and oxygen atoms in total. The van der Waals surface area contributed by atoms with Gasteiger partial charge >= 0.3 is 12.1 Å². The lowest BCUT2D eigenvalue weighted by Crippen LogP contribution is -2.23. The molecule has 0 aliphatic heterocycles. The maximum Gasteiger partial charge on any atom is 0.422 e. The van der Waals surface area contributed by atoms with Crippen LogP contribution in [-0.2, 0) is 4.74 Å². The van der Waals surface area contributed by atoms with Crippen LogP contribution in [0, 0.1) is 12.3 Å². The molecule has 0 aliphatic carbocycles. The molecule has 0 aromatic heterocycles. The third-order valence-electron chi connectivity index (χ3n) is 3.33. The number of halogens is 3. The smallest absolute Gasteiger partial charge is 0.422 e. The molecule has 0 fully saturated rings. The molecule has 2 aromatic carbocycles. The summed E-state index contributed by atoms with van der Waals surface area (Å²) in [6, 6.07) is 11.0. The van der Waals surface area contributed by atoms with Crippen molar-refractivity contribution >= 4 is 5.97 Å². The number of carbonyl (C=O) groups is 1. The van der Waals surface area contributed by atoms with Gasteiger partial charge in [-0.1, -0.05) is 18.1 Å². The van der Waals surface area contributed by atoms with E-state index in [1.54, 1.807) is 51.1 Å². The molecule has 0 N–H and O–H groups in total. The van der Waals surface area contributed by atoms with E-state index in [1.807, 2.05) is 0 Å². The summed E-state index contributed by atoms with van der Waals surface area (Å²) in [6.07, 6.45) is 0.938. The fraction of sp³-hybridized carbons (Fsp3) is 0.286. The lowest BCUT2D eigenvalue weighted by atomic mass is 10.0. The van der Waals surface area contributed by atoms with Crippen LogP contribution in [-0.4, -0.2) is 24.4 Å². The van der Waals surface area contributed by atoms with Crippen molar-refractivity contribution < 1.29 is 27.4 Å². The molecule has 0 amide bonds. The van der Waals surface area contributed by atoms with Crippen molar-refractivity contribution in [1.82, 2.24) is 0 Å². The first-order valence-electron chi connectivity index (χ1n) is 8.12. The van der Waals surface area contributed by atoms with Crippen molar-refractivity contribution in [2.45, 2.75) is 32.5 Å². The topological polar surface area (TPSA) is 35.5 Å². The van der Waals surface area contributed by atoms with Crippen LogP contribution in [0.5, 0.6) is 5.75 Å². The Hall–Kier alpha value is -2.94. The van der Waals surface area contributed by atoms with Crippen molar-refractivity contribution in [1.29, 1.82) is 0 Å². The van der Waals surface area contributed by atoms with Gasteiger partial charge in [0.2, 0.25) is 0 Å². The van der Waals surface area contributed by atoms with Gasteiger partial charge in [-0.25, -0.2) is 4.79 Å². The zero-order valence-corrected chi connectivity index (χ0v) is 15.2. The first-order valence-corrected chi connectivity index (χ1v) is 8.12. The lowest BCUT2D eigenvalue weighted by Gasteiger charge is -2.19. The van der Waals surface area contributed by atoms with Crippen molar-refractivity contribution in [3.05, 3.63) is 53.6 Å². The Bertz CT molecular complexity index is 854. The van der Waals surface area contributed by atoms with Crippen molar-refractivity contribution in [2.24, 2.45) is 0 Å². The number of hydrogen-bond acceptors (Lipinski definition) is 3. The first-order chi connectivity index (χ1) is 12.5. The molecular formula is C21H19F3O3. The predicted molar refractivity (Wildman–Crippen MR) is 96.5 cm³/mol. The highest BCUT2D eigenvalue weighted by atomic mass is 19.4. The number of rotatable bonds is 4. The van der Waals surface area contributed by atoms with Gasteiger partial charge in [-0.05, 0) is 62.2 Å². The molecule has 0 unspecified atom stereocenters. The molecule has 0 radical (unpaired) electrons. The van der Waals surface area contributed by atoms with E-state index >= 15 is 0 Å². The van der Waals surface area contributed by atoms with Crippen molar-refractivity contribution in [2.75, 3.05) is 6.61 Å². The molecule has 27 heavy (non-hydrogen) atoms. The predicted octanol–water partition coefficient (Wildman–Crippen LogP) is 5.23. The Morgan fingerprint density at radius 3 is 2.19 bits per heavy atom. The number of alkyl halides is 3. The summed E-state index contributed by atoms with van der Waals surface area (Å²) in [5.74, 6) is 1.96. The highest BCUT2D eigenvalue weighted by molar-refractivity contribution is 5.90. The summed E-state index contributed by atoms with van der Waals surface area (Å²) in [5, 5.41) is 0. The fourth-order valence-electron chi connectivity index (χ4n) is 2.23. The monoisotopic (exact) mass is 376 g/mol. The summed E-state index contributed by atoms with van der Waals surface area (Å²) >= 11 is 0. The molecule has 0 saturated heterocycles. The van der Waals surface area contributed by atoms with E-state index in [1.165, 1.54) is 12.1 Å². The minimum Gasteiger partial charge on any atom is -0.484 e. The van der Waals surface area contributed by atoms with Gasteiger partial charge in [0.05, 0.1) is 5.56 Å². The van der Waals surface area contributed by atoms with E-state index in [2.05, 4.69) is 5.92 Å². The number of terminal acetylenes is 1. The minimum absolute atomic E-state index is 0.0222. The van der Waals surface area contributed by atoms with Crippen LogP contribution in [0.4, 0.5) is 13.2 Å². The Morgan fingerprint density at radius 1 is 1.04 bits per heavy atom. The Labute approximate surface area is 156 Å². The largest absolute Gasteiger partial charge is 0.484 e. The van der Waals surface area contributed by atoms with Gasteiger partial charge in [-0.2, -0.15) is 13.2 Å². The molecular weight excluding hydrogens is 357 g/mol. The number of esters is 1. The third kappa shape index (κ3) is 6.37. The molecule has 2 rings (SSSR count). The maximum atomic E-state index is 12.4. The standard InChI is InChI=1S/C21H19F3O3/c1-5-14-10-17(12-18(11-14)26-13-21(22,23)24)15-6-8-16(9-7-15)19(25)27-20(2,3)4/h1,6-12H,13H2,2-4H3. The average molecular weight is 376 g/mol. The van der Waals surface area contributed by atoms with Gasteiger partial charge in [0.1, 0.15) is 11.4 Å². The number of hydrogen-bond donors (Lipinski definition) is 0. The Balaban J connectivity index is 2.27. The molecule has 0 atom stereocenters. The van der Waals surface area contributed by atoms with Crippen LogP contribution in [0.2, 0.25) is 0 Å². The fourth-order valence-corrected chi connectivity index (χ4v) is 2.23. The molecule has 0 spiro atoms. The molecule has 0 saturated carbocycles. The Kier molecular flexibility index (Phi) is 5.85. The van der Waals surface area contributed by atoms with Gasteiger partial charge in [-0.3, -0.25) is 0 Å². The van der Waals surface area contributed by atoms with Gasteiger partial charge in [0.15, 0.2) is 6.61 Å². The Morgan fingerprint density at radius 2 is 1.67 bits per heavy atom. The van der Waals surface area contributed by atoms with Crippen LogP contribution < -0.4 is 4.74 Å².